The number of nitrogens with two attached hydrogens (primary N) is 1. The first-order valence-corrected chi connectivity index (χ1v) is 6.07. The fourth-order valence-corrected chi connectivity index (χ4v) is 2.11. The Morgan fingerprint density at radius 1 is 1.41 bits per heavy atom. The minimum absolute atomic E-state index is 0.0464. The predicted molar refractivity (Wildman–Crippen MR) is 70.9 cm³/mol. The van der Waals surface area contributed by atoms with E-state index in [1.807, 2.05) is 42.2 Å². The van der Waals surface area contributed by atoms with Gasteiger partial charge in [-0.15, -0.1) is 0 Å². The van der Waals surface area contributed by atoms with Gasteiger partial charge in [0.2, 0.25) is 0 Å². The molecule has 0 saturated heterocycles. The molecule has 0 aliphatic heterocycles. The van der Waals surface area contributed by atoms with Gasteiger partial charge in [-0.2, -0.15) is 5.10 Å². The van der Waals surface area contributed by atoms with E-state index >= 15 is 0 Å². The van der Waals surface area contributed by atoms with Crippen LogP contribution >= 0.6 is 11.6 Å². The average Bonchev–Trinajstić information content (AvgIpc) is 2.76. The average molecular weight is 250 g/mol. The number of benzene rings is 1. The number of halogens is 1. The second-order valence-electron chi connectivity index (χ2n) is 4.11. The lowest BCUT2D eigenvalue weighted by atomic mass is 10.0. The van der Waals surface area contributed by atoms with Crippen LogP contribution in [0.3, 0.4) is 0 Å². The number of hydrogen-bond donors (Lipinski definition) is 1. The zero-order valence-corrected chi connectivity index (χ0v) is 10.8. The Hall–Kier alpha value is -1.32. The third-order valence-electron chi connectivity index (χ3n) is 2.78. The predicted octanol–water partition coefficient (Wildman–Crippen LogP) is 3.24. The van der Waals surface area contributed by atoms with Gasteiger partial charge in [0.1, 0.15) is 0 Å². The maximum Gasteiger partial charge on any atom is 0.0568 e. The smallest absolute Gasteiger partial charge is 0.0568 e. The molecule has 2 rings (SSSR count). The molecule has 4 heteroatoms. The van der Waals surface area contributed by atoms with Crippen molar-refractivity contribution in [3.63, 3.8) is 0 Å². The van der Waals surface area contributed by atoms with Crippen molar-refractivity contribution in [2.24, 2.45) is 5.73 Å². The van der Waals surface area contributed by atoms with E-state index in [0.717, 1.165) is 23.2 Å². The van der Waals surface area contributed by atoms with Crippen LogP contribution in [0.1, 0.15) is 25.5 Å². The first-order chi connectivity index (χ1) is 8.11. The van der Waals surface area contributed by atoms with Gasteiger partial charge in [0, 0.05) is 29.4 Å². The van der Waals surface area contributed by atoms with Crippen molar-refractivity contribution < 1.29 is 0 Å². The molecule has 0 saturated carbocycles. The van der Waals surface area contributed by atoms with Crippen molar-refractivity contribution in [2.45, 2.75) is 26.4 Å². The van der Waals surface area contributed by atoms with Gasteiger partial charge in [0.15, 0.2) is 0 Å². The zero-order chi connectivity index (χ0) is 12.4. The third-order valence-corrected chi connectivity index (χ3v) is 3.11. The van der Waals surface area contributed by atoms with Crippen LogP contribution in [0.2, 0.25) is 5.02 Å². The molecule has 0 bridgehead atoms. The normalized spacial score (nSPS) is 12.7. The molecule has 1 aromatic heterocycles. The van der Waals surface area contributed by atoms with Gasteiger partial charge in [-0.3, -0.25) is 4.68 Å². The van der Waals surface area contributed by atoms with E-state index in [9.17, 15) is 0 Å². The Labute approximate surface area is 106 Å². The summed E-state index contributed by atoms with van der Waals surface area (Å²) in [6.45, 7) is 4.85. The third kappa shape index (κ3) is 2.51. The van der Waals surface area contributed by atoms with Crippen molar-refractivity contribution >= 4 is 11.6 Å². The Morgan fingerprint density at radius 3 is 2.71 bits per heavy atom. The van der Waals surface area contributed by atoms with Crippen molar-refractivity contribution in [3.05, 3.63) is 41.2 Å². The number of hydrogen-bond acceptors (Lipinski definition) is 2. The molecule has 0 aliphatic rings. The summed E-state index contributed by atoms with van der Waals surface area (Å²) in [6.07, 6.45) is 3.86. The Kier molecular flexibility index (Phi) is 3.50. The minimum atomic E-state index is -0.0464. The lowest BCUT2D eigenvalue weighted by molar-refractivity contribution is 0.660. The monoisotopic (exact) mass is 249 g/mol. The summed E-state index contributed by atoms with van der Waals surface area (Å²) < 4.78 is 1.89. The molecule has 0 fully saturated rings. The standard InChI is InChI=1S/C13H16ClN3/c1-3-17-8-11(7-16-17)10-4-5-12(9(2)15)13(14)6-10/h4-9H,3,15H2,1-2H3. The highest BCUT2D eigenvalue weighted by Gasteiger charge is 2.08. The summed E-state index contributed by atoms with van der Waals surface area (Å²) in [5.41, 5.74) is 8.94. The van der Waals surface area contributed by atoms with Crippen LogP contribution in [-0.4, -0.2) is 9.78 Å². The van der Waals surface area contributed by atoms with Gasteiger partial charge in [0.05, 0.1) is 6.20 Å². The number of aromatic nitrogens is 2. The van der Waals surface area contributed by atoms with Gasteiger partial charge in [-0.1, -0.05) is 23.7 Å². The molecule has 1 unspecified atom stereocenters. The first-order valence-electron chi connectivity index (χ1n) is 5.69. The second kappa shape index (κ2) is 4.90. The molecule has 0 amide bonds. The van der Waals surface area contributed by atoms with Crippen molar-refractivity contribution in [1.82, 2.24) is 9.78 Å². The first kappa shape index (κ1) is 12.1. The van der Waals surface area contributed by atoms with Crippen molar-refractivity contribution in [3.8, 4) is 11.1 Å². The van der Waals surface area contributed by atoms with Crippen LogP contribution in [0.15, 0.2) is 30.6 Å². The highest BCUT2D eigenvalue weighted by atomic mass is 35.5. The van der Waals surface area contributed by atoms with E-state index in [2.05, 4.69) is 12.0 Å². The van der Waals surface area contributed by atoms with Crippen molar-refractivity contribution in [2.75, 3.05) is 0 Å². The van der Waals surface area contributed by atoms with Gasteiger partial charge in [-0.25, -0.2) is 0 Å². The van der Waals surface area contributed by atoms with Crippen molar-refractivity contribution in [1.29, 1.82) is 0 Å². The minimum Gasteiger partial charge on any atom is -0.324 e. The highest BCUT2D eigenvalue weighted by Crippen LogP contribution is 2.27. The summed E-state index contributed by atoms with van der Waals surface area (Å²) in [5, 5.41) is 4.96. The fourth-order valence-electron chi connectivity index (χ4n) is 1.76. The van der Waals surface area contributed by atoms with Gasteiger partial charge < -0.3 is 5.73 Å². The molecule has 3 nitrogen and oxygen atoms in total. The molecule has 1 aromatic carbocycles. The molecule has 2 aromatic rings. The van der Waals surface area contributed by atoms with E-state index in [0.29, 0.717) is 5.02 Å². The molecular weight excluding hydrogens is 234 g/mol. The van der Waals surface area contributed by atoms with Crippen LogP contribution in [0.5, 0.6) is 0 Å². The summed E-state index contributed by atoms with van der Waals surface area (Å²) >= 11 is 6.21. The summed E-state index contributed by atoms with van der Waals surface area (Å²) in [6, 6.07) is 5.90. The largest absolute Gasteiger partial charge is 0.324 e. The molecule has 90 valence electrons. The van der Waals surface area contributed by atoms with Gasteiger partial charge in [0.25, 0.3) is 0 Å². The van der Waals surface area contributed by atoms with E-state index < -0.39 is 0 Å². The molecule has 17 heavy (non-hydrogen) atoms. The number of rotatable bonds is 3. The quantitative estimate of drug-likeness (QED) is 0.908. The lowest BCUT2D eigenvalue weighted by Gasteiger charge is -2.09. The van der Waals surface area contributed by atoms with E-state index in [-0.39, 0.29) is 6.04 Å². The molecule has 0 aliphatic carbocycles. The molecular formula is C13H16ClN3. The Balaban J connectivity index is 2.37. The van der Waals surface area contributed by atoms with Gasteiger partial charge >= 0.3 is 0 Å². The lowest BCUT2D eigenvalue weighted by Crippen LogP contribution is -2.05. The summed E-state index contributed by atoms with van der Waals surface area (Å²) in [5.74, 6) is 0. The fraction of sp³-hybridized carbons (Fsp3) is 0.308. The highest BCUT2D eigenvalue weighted by molar-refractivity contribution is 6.31. The second-order valence-corrected chi connectivity index (χ2v) is 4.52. The number of nitrogens with zero attached hydrogens (tertiary/aromatic N) is 2. The SMILES string of the molecule is CCn1cc(-c2ccc(C(C)N)c(Cl)c2)cn1. The van der Waals surface area contributed by atoms with Gasteiger partial charge in [-0.05, 0) is 31.0 Å². The summed E-state index contributed by atoms with van der Waals surface area (Å²) in [7, 11) is 0. The van der Waals surface area contributed by atoms with E-state index in [1.165, 1.54) is 0 Å². The Morgan fingerprint density at radius 2 is 2.18 bits per heavy atom. The van der Waals surface area contributed by atoms with Crippen LogP contribution < -0.4 is 5.73 Å². The van der Waals surface area contributed by atoms with Crippen LogP contribution in [-0.2, 0) is 6.54 Å². The Bertz CT molecular complexity index is 517. The van der Waals surface area contributed by atoms with Crippen LogP contribution in [0, 0.1) is 0 Å². The maximum absolute atomic E-state index is 6.21. The van der Waals surface area contributed by atoms with Crippen LogP contribution in [0.25, 0.3) is 11.1 Å². The summed E-state index contributed by atoms with van der Waals surface area (Å²) in [4.78, 5) is 0. The topological polar surface area (TPSA) is 43.8 Å². The maximum atomic E-state index is 6.21. The molecule has 2 N–H and O–H groups in total. The van der Waals surface area contributed by atoms with E-state index in [1.54, 1.807) is 0 Å². The van der Waals surface area contributed by atoms with E-state index in [4.69, 9.17) is 17.3 Å². The molecule has 0 spiro atoms. The molecule has 1 atom stereocenters. The molecule has 1 heterocycles. The molecule has 0 radical (unpaired) electrons. The number of aryl methyl sites for hydroxylation is 1. The van der Waals surface area contributed by atoms with Crippen LogP contribution in [0.4, 0.5) is 0 Å². The zero-order valence-electron chi connectivity index (χ0n) is 10.0.